The van der Waals surface area contributed by atoms with Crippen molar-refractivity contribution < 1.29 is 19.0 Å². The quantitative estimate of drug-likeness (QED) is 0.560. The number of rotatable bonds is 4. The standard InChI is InChI=1S/C11H14O4/c1-9(12)15-11(13-2,14-3)10-7-5-4-6-8-10/h4-8H,1-3H3. The van der Waals surface area contributed by atoms with E-state index in [0.29, 0.717) is 5.56 Å². The van der Waals surface area contributed by atoms with Crippen LogP contribution in [0.1, 0.15) is 12.5 Å². The molecule has 0 unspecified atom stereocenters. The highest BCUT2D eigenvalue weighted by Gasteiger charge is 2.36. The van der Waals surface area contributed by atoms with Crippen molar-refractivity contribution in [3.8, 4) is 0 Å². The lowest BCUT2D eigenvalue weighted by molar-refractivity contribution is -0.355. The van der Waals surface area contributed by atoms with Crippen molar-refractivity contribution in [1.82, 2.24) is 0 Å². The van der Waals surface area contributed by atoms with E-state index in [1.807, 2.05) is 18.2 Å². The van der Waals surface area contributed by atoms with Crippen molar-refractivity contribution in [2.45, 2.75) is 12.9 Å². The van der Waals surface area contributed by atoms with Crippen LogP contribution in [0.3, 0.4) is 0 Å². The van der Waals surface area contributed by atoms with Gasteiger partial charge in [-0.25, -0.2) is 0 Å². The Kier molecular flexibility index (Phi) is 3.82. The molecule has 0 N–H and O–H groups in total. The first-order valence-electron chi connectivity index (χ1n) is 4.50. The Bertz CT molecular complexity index is 317. The van der Waals surface area contributed by atoms with E-state index >= 15 is 0 Å². The smallest absolute Gasteiger partial charge is 0.357 e. The molecule has 0 saturated carbocycles. The van der Waals surface area contributed by atoms with Crippen LogP contribution in [0, 0.1) is 0 Å². The first-order chi connectivity index (χ1) is 7.14. The van der Waals surface area contributed by atoms with Crippen LogP contribution < -0.4 is 0 Å². The van der Waals surface area contributed by atoms with Crippen molar-refractivity contribution in [2.75, 3.05) is 14.2 Å². The molecule has 4 heteroatoms. The molecule has 15 heavy (non-hydrogen) atoms. The van der Waals surface area contributed by atoms with Crippen molar-refractivity contribution in [3.63, 3.8) is 0 Å². The lowest BCUT2D eigenvalue weighted by atomic mass is 10.2. The second-order valence-corrected chi connectivity index (χ2v) is 2.92. The molecule has 0 amide bonds. The van der Waals surface area contributed by atoms with E-state index in [-0.39, 0.29) is 0 Å². The number of ether oxygens (including phenoxy) is 3. The summed E-state index contributed by atoms with van der Waals surface area (Å²) in [6.07, 6.45) is 0. The zero-order valence-electron chi connectivity index (χ0n) is 9.02. The largest absolute Gasteiger partial charge is 0.404 e. The summed E-state index contributed by atoms with van der Waals surface area (Å²) in [5.41, 5.74) is 0.630. The lowest BCUT2D eigenvalue weighted by Gasteiger charge is -2.29. The molecule has 0 spiro atoms. The third-order valence-corrected chi connectivity index (χ3v) is 1.94. The van der Waals surface area contributed by atoms with Crippen LogP contribution in [-0.4, -0.2) is 20.2 Å². The Balaban J connectivity index is 3.05. The molecule has 0 aromatic heterocycles. The maximum Gasteiger partial charge on any atom is 0.357 e. The summed E-state index contributed by atoms with van der Waals surface area (Å²) in [4.78, 5) is 11.0. The molecule has 0 aliphatic rings. The number of hydrogen-bond acceptors (Lipinski definition) is 4. The first kappa shape index (κ1) is 11.7. The second-order valence-electron chi connectivity index (χ2n) is 2.92. The van der Waals surface area contributed by atoms with Crippen LogP contribution in [0.4, 0.5) is 0 Å². The van der Waals surface area contributed by atoms with Gasteiger partial charge in [0, 0.05) is 21.1 Å². The average molecular weight is 210 g/mol. The van der Waals surface area contributed by atoms with Gasteiger partial charge in [-0.05, 0) is 12.1 Å². The summed E-state index contributed by atoms with van der Waals surface area (Å²) in [7, 11) is 2.83. The number of methoxy groups -OCH3 is 2. The highest BCUT2D eigenvalue weighted by molar-refractivity contribution is 5.66. The monoisotopic (exact) mass is 210 g/mol. The van der Waals surface area contributed by atoms with Gasteiger partial charge < -0.3 is 14.2 Å². The van der Waals surface area contributed by atoms with Crippen LogP contribution in [0.25, 0.3) is 0 Å². The van der Waals surface area contributed by atoms with Gasteiger partial charge in [0.05, 0.1) is 5.56 Å². The number of hydrogen-bond donors (Lipinski definition) is 0. The van der Waals surface area contributed by atoms with Gasteiger partial charge in [-0.15, -0.1) is 0 Å². The molecule has 0 heterocycles. The Morgan fingerprint density at radius 1 is 1.13 bits per heavy atom. The Morgan fingerprint density at radius 2 is 1.67 bits per heavy atom. The molecule has 0 radical (unpaired) electrons. The second kappa shape index (κ2) is 4.91. The fourth-order valence-electron chi connectivity index (χ4n) is 1.29. The van der Waals surface area contributed by atoms with Gasteiger partial charge in [0.2, 0.25) is 0 Å². The van der Waals surface area contributed by atoms with Crippen LogP contribution in [0.5, 0.6) is 0 Å². The van der Waals surface area contributed by atoms with Gasteiger partial charge in [0.25, 0.3) is 0 Å². The summed E-state index contributed by atoms with van der Waals surface area (Å²) >= 11 is 0. The Labute approximate surface area is 88.8 Å². The molecule has 0 saturated heterocycles. The SMILES string of the molecule is COC(OC)(OC(C)=O)c1ccccc1. The van der Waals surface area contributed by atoms with Gasteiger partial charge >= 0.3 is 11.9 Å². The molecule has 0 fully saturated rings. The minimum absolute atomic E-state index is 0.470. The minimum atomic E-state index is -1.45. The molecular formula is C11H14O4. The Hall–Kier alpha value is -1.39. The van der Waals surface area contributed by atoms with E-state index in [2.05, 4.69) is 0 Å². The van der Waals surface area contributed by atoms with Gasteiger partial charge in [0.1, 0.15) is 0 Å². The predicted molar refractivity (Wildman–Crippen MR) is 53.9 cm³/mol. The summed E-state index contributed by atoms with van der Waals surface area (Å²) in [6, 6.07) is 9.00. The average Bonchev–Trinajstić information content (AvgIpc) is 2.27. The number of esters is 1. The van der Waals surface area contributed by atoms with Gasteiger partial charge in [-0.2, -0.15) is 0 Å². The van der Waals surface area contributed by atoms with Crippen molar-refractivity contribution >= 4 is 5.97 Å². The van der Waals surface area contributed by atoms with Crippen LogP contribution in [-0.2, 0) is 25.0 Å². The minimum Gasteiger partial charge on any atom is -0.404 e. The molecule has 1 rings (SSSR count). The summed E-state index contributed by atoms with van der Waals surface area (Å²) in [5, 5.41) is 0. The number of carbonyl (C=O) groups excluding carboxylic acids is 1. The summed E-state index contributed by atoms with van der Waals surface area (Å²) in [6.45, 7) is 1.30. The normalized spacial score (nSPS) is 11.1. The lowest BCUT2D eigenvalue weighted by Crippen LogP contribution is -2.35. The van der Waals surface area contributed by atoms with Crippen molar-refractivity contribution in [3.05, 3.63) is 35.9 Å². The molecule has 0 aliphatic heterocycles. The topological polar surface area (TPSA) is 44.8 Å². The maximum absolute atomic E-state index is 11.0. The molecule has 82 valence electrons. The van der Waals surface area contributed by atoms with Gasteiger partial charge in [-0.1, -0.05) is 18.2 Å². The zero-order chi connectivity index (χ0) is 11.3. The molecule has 1 aromatic carbocycles. The highest BCUT2D eigenvalue weighted by atomic mass is 16.9. The fourth-order valence-corrected chi connectivity index (χ4v) is 1.29. The molecule has 1 aromatic rings. The number of benzene rings is 1. The van der Waals surface area contributed by atoms with E-state index in [4.69, 9.17) is 14.2 Å². The number of carbonyl (C=O) groups is 1. The van der Waals surface area contributed by atoms with Crippen molar-refractivity contribution in [2.24, 2.45) is 0 Å². The van der Waals surface area contributed by atoms with Gasteiger partial charge in [-0.3, -0.25) is 4.79 Å². The Morgan fingerprint density at radius 3 is 2.07 bits per heavy atom. The molecule has 0 aliphatic carbocycles. The zero-order valence-corrected chi connectivity index (χ0v) is 9.02. The fraction of sp³-hybridized carbons (Fsp3) is 0.364. The third-order valence-electron chi connectivity index (χ3n) is 1.94. The molecular weight excluding hydrogens is 196 g/mol. The maximum atomic E-state index is 11.0. The summed E-state index contributed by atoms with van der Waals surface area (Å²) < 4.78 is 15.3. The molecule has 0 atom stereocenters. The molecule has 4 nitrogen and oxygen atoms in total. The van der Waals surface area contributed by atoms with E-state index in [9.17, 15) is 4.79 Å². The van der Waals surface area contributed by atoms with E-state index in [1.54, 1.807) is 12.1 Å². The van der Waals surface area contributed by atoms with Gasteiger partial charge in [0.15, 0.2) is 0 Å². The van der Waals surface area contributed by atoms with Crippen LogP contribution >= 0.6 is 0 Å². The van der Waals surface area contributed by atoms with Crippen LogP contribution in [0.15, 0.2) is 30.3 Å². The van der Waals surface area contributed by atoms with Crippen molar-refractivity contribution in [1.29, 1.82) is 0 Å². The highest BCUT2D eigenvalue weighted by Crippen LogP contribution is 2.27. The predicted octanol–water partition coefficient (Wildman–Crippen LogP) is 1.65. The first-order valence-corrected chi connectivity index (χ1v) is 4.50. The third kappa shape index (κ3) is 2.55. The van der Waals surface area contributed by atoms with Crippen LogP contribution in [0.2, 0.25) is 0 Å². The van der Waals surface area contributed by atoms with E-state index in [1.165, 1.54) is 21.1 Å². The molecule has 0 bridgehead atoms. The van der Waals surface area contributed by atoms with E-state index < -0.39 is 11.9 Å². The van der Waals surface area contributed by atoms with E-state index in [0.717, 1.165) is 0 Å². The summed E-state index contributed by atoms with van der Waals surface area (Å²) in [5.74, 6) is -1.92.